The van der Waals surface area contributed by atoms with Crippen molar-refractivity contribution < 1.29 is 26.8 Å². The number of hydrogen-bond acceptors (Lipinski definition) is 4. The Hall–Kier alpha value is -2.05. The average molecular weight is 280 g/mol. The molecule has 0 spiro atoms. The predicted octanol–water partition coefficient (Wildman–Crippen LogP) is 2.19. The largest absolute Gasteiger partial charge is 0.491 e. The lowest BCUT2D eigenvalue weighted by Gasteiger charge is -2.09. The quantitative estimate of drug-likeness (QED) is 0.824. The van der Waals surface area contributed by atoms with E-state index in [0.717, 1.165) is 0 Å². The van der Waals surface area contributed by atoms with E-state index in [-0.39, 0.29) is 8.60 Å². The molecule has 0 aliphatic heterocycles. The fourth-order valence-corrected chi connectivity index (χ4v) is 1.66. The van der Waals surface area contributed by atoms with Crippen LogP contribution in [-0.2, 0) is 0 Å². The second-order valence-corrected chi connectivity index (χ2v) is 4.07. The van der Waals surface area contributed by atoms with Gasteiger partial charge in [0.25, 0.3) is 0 Å². The molecule has 0 unspecified atom stereocenters. The Morgan fingerprint density at radius 2 is 1.75 bits per heavy atom. The Morgan fingerprint density at radius 1 is 1.10 bits per heavy atom. The third-order valence-corrected chi connectivity index (χ3v) is 2.62. The fourth-order valence-electron chi connectivity index (χ4n) is 1.66. The van der Waals surface area contributed by atoms with Crippen LogP contribution in [0.15, 0.2) is 42.5 Å². The molecular formula is C14H18BFO4. The molecule has 2 aromatic carbocycles. The van der Waals surface area contributed by atoms with Crippen LogP contribution in [0.1, 0.15) is 9.78 Å². The van der Waals surface area contributed by atoms with Gasteiger partial charge in [0.2, 0.25) is 0 Å². The van der Waals surface area contributed by atoms with Crippen molar-refractivity contribution >= 4 is 12.6 Å². The topological polar surface area (TPSA) is 58.9 Å². The molecule has 0 aliphatic carbocycles. The van der Waals surface area contributed by atoms with Crippen molar-refractivity contribution in [2.45, 2.75) is 6.92 Å². The van der Waals surface area contributed by atoms with E-state index < -0.39 is 12.9 Å². The first-order chi connectivity index (χ1) is 9.60. The zero-order valence-corrected chi connectivity index (χ0v) is 10.9. The van der Waals surface area contributed by atoms with Crippen molar-refractivity contribution in [1.29, 1.82) is 0 Å². The SMILES string of the molecule is CCOc1ccc(Oc2ccc(B(O)O)cc2)cc1F.[HH].[HH]. The Balaban J connectivity index is 0.00000220. The molecule has 0 aliphatic rings. The van der Waals surface area contributed by atoms with Crippen LogP contribution in [0.25, 0.3) is 0 Å². The van der Waals surface area contributed by atoms with Gasteiger partial charge in [-0.15, -0.1) is 0 Å². The molecule has 0 amide bonds. The molecule has 0 bridgehead atoms. The minimum atomic E-state index is -1.52. The lowest BCUT2D eigenvalue weighted by atomic mass is 9.80. The molecule has 2 N–H and O–H groups in total. The third-order valence-electron chi connectivity index (χ3n) is 2.62. The van der Waals surface area contributed by atoms with Gasteiger partial charge in [-0.25, -0.2) is 4.39 Å². The molecule has 0 saturated heterocycles. The molecule has 0 aromatic heterocycles. The van der Waals surface area contributed by atoms with Gasteiger partial charge >= 0.3 is 7.12 Å². The molecule has 20 heavy (non-hydrogen) atoms. The highest BCUT2D eigenvalue weighted by Gasteiger charge is 2.10. The summed E-state index contributed by atoms with van der Waals surface area (Å²) in [5, 5.41) is 17.9. The monoisotopic (exact) mass is 280 g/mol. The molecule has 0 radical (unpaired) electrons. The standard InChI is InChI=1S/C14H14BFO4.2H2/c1-2-19-14-8-7-12(9-13(14)16)20-11-5-3-10(4-6-11)15(17)18;;/h3-9,17-18H,2H2,1H3;2*1H. The average Bonchev–Trinajstić information content (AvgIpc) is 2.42. The van der Waals surface area contributed by atoms with Crippen LogP contribution in [0.2, 0.25) is 0 Å². The summed E-state index contributed by atoms with van der Waals surface area (Å²) in [5.74, 6) is 0.492. The van der Waals surface area contributed by atoms with Gasteiger partial charge in [-0.05, 0) is 36.7 Å². The maximum absolute atomic E-state index is 13.6. The van der Waals surface area contributed by atoms with Crippen LogP contribution in [0.5, 0.6) is 17.2 Å². The molecule has 2 rings (SSSR count). The second kappa shape index (κ2) is 6.41. The van der Waals surface area contributed by atoms with Gasteiger partial charge in [0.15, 0.2) is 11.6 Å². The Kier molecular flexibility index (Phi) is 4.60. The van der Waals surface area contributed by atoms with E-state index in [2.05, 4.69) is 0 Å². The number of benzene rings is 2. The molecule has 4 nitrogen and oxygen atoms in total. The highest BCUT2D eigenvalue weighted by molar-refractivity contribution is 6.58. The van der Waals surface area contributed by atoms with Crippen molar-refractivity contribution in [2.24, 2.45) is 0 Å². The van der Waals surface area contributed by atoms with Gasteiger partial charge in [0.1, 0.15) is 11.5 Å². The first-order valence-corrected chi connectivity index (χ1v) is 6.16. The highest BCUT2D eigenvalue weighted by Crippen LogP contribution is 2.26. The third kappa shape index (κ3) is 3.49. The van der Waals surface area contributed by atoms with Crippen LogP contribution in [-0.4, -0.2) is 23.8 Å². The van der Waals surface area contributed by atoms with E-state index in [9.17, 15) is 4.39 Å². The van der Waals surface area contributed by atoms with Crippen LogP contribution in [0.4, 0.5) is 4.39 Å². The Morgan fingerprint density at radius 3 is 2.30 bits per heavy atom. The number of hydrogen-bond donors (Lipinski definition) is 2. The Bertz CT molecular complexity index is 582. The van der Waals surface area contributed by atoms with Crippen molar-refractivity contribution in [3.05, 3.63) is 48.3 Å². The summed E-state index contributed by atoms with van der Waals surface area (Å²) >= 11 is 0. The van der Waals surface area contributed by atoms with E-state index >= 15 is 0 Å². The minimum absolute atomic E-state index is 0. The van der Waals surface area contributed by atoms with Crippen LogP contribution >= 0.6 is 0 Å². The van der Waals surface area contributed by atoms with E-state index in [1.807, 2.05) is 0 Å². The molecule has 0 heterocycles. The van der Waals surface area contributed by atoms with Gasteiger partial charge < -0.3 is 19.5 Å². The van der Waals surface area contributed by atoms with E-state index in [4.69, 9.17) is 19.5 Å². The van der Waals surface area contributed by atoms with Crippen LogP contribution in [0.3, 0.4) is 0 Å². The fraction of sp³-hybridized carbons (Fsp3) is 0.143. The predicted molar refractivity (Wildman–Crippen MR) is 78.1 cm³/mol. The second-order valence-electron chi connectivity index (χ2n) is 4.07. The molecule has 6 heteroatoms. The Labute approximate surface area is 119 Å². The van der Waals surface area contributed by atoms with Gasteiger partial charge in [-0.3, -0.25) is 0 Å². The summed E-state index contributed by atoms with van der Waals surface area (Å²) in [6, 6.07) is 10.5. The van der Waals surface area contributed by atoms with E-state index in [1.54, 1.807) is 25.1 Å². The van der Waals surface area contributed by atoms with Crippen molar-refractivity contribution in [2.75, 3.05) is 6.61 Å². The molecule has 0 fully saturated rings. The maximum Gasteiger partial charge on any atom is 0.488 e. The molecule has 2 aromatic rings. The number of ether oxygens (including phenoxy) is 2. The zero-order valence-electron chi connectivity index (χ0n) is 10.9. The van der Waals surface area contributed by atoms with Crippen molar-refractivity contribution in [3.8, 4) is 17.2 Å². The first-order valence-electron chi connectivity index (χ1n) is 6.16. The molecule has 108 valence electrons. The summed E-state index contributed by atoms with van der Waals surface area (Å²) in [7, 11) is -1.52. The number of rotatable bonds is 5. The van der Waals surface area contributed by atoms with Crippen molar-refractivity contribution in [1.82, 2.24) is 0 Å². The minimum Gasteiger partial charge on any atom is -0.491 e. The normalized spacial score (nSPS) is 10.2. The summed E-state index contributed by atoms with van der Waals surface area (Å²) in [4.78, 5) is 0. The number of halogens is 1. The van der Waals surface area contributed by atoms with E-state index in [1.165, 1.54) is 24.3 Å². The van der Waals surface area contributed by atoms with E-state index in [0.29, 0.717) is 23.6 Å². The van der Waals surface area contributed by atoms with Gasteiger partial charge in [-0.2, -0.15) is 0 Å². The summed E-state index contributed by atoms with van der Waals surface area (Å²) < 4.78 is 24.2. The van der Waals surface area contributed by atoms with Crippen LogP contribution < -0.4 is 14.9 Å². The smallest absolute Gasteiger partial charge is 0.488 e. The lowest BCUT2D eigenvalue weighted by Crippen LogP contribution is -2.29. The van der Waals surface area contributed by atoms with Crippen molar-refractivity contribution in [3.63, 3.8) is 0 Å². The van der Waals surface area contributed by atoms with Gasteiger partial charge in [0, 0.05) is 8.92 Å². The highest BCUT2D eigenvalue weighted by atomic mass is 19.1. The lowest BCUT2D eigenvalue weighted by molar-refractivity contribution is 0.320. The summed E-state index contributed by atoms with van der Waals surface area (Å²) in [5.41, 5.74) is 0.357. The van der Waals surface area contributed by atoms with Crippen LogP contribution in [0, 0.1) is 5.82 Å². The summed E-state index contributed by atoms with van der Waals surface area (Å²) in [6.07, 6.45) is 0. The zero-order chi connectivity index (χ0) is 14.5. The maximum atomic E-state index is 13.6. The first kappa shape index (κ1) is 14.4. The summed E-state index contributed by atoms with van der Waals surface area (Å²) in [6.45, 7) is 2.17. The van der Waals surface area contributed by atoms with Gasteiger partial charge in [0.05, 0.1) is 6.61 Å². The van der Waals surface area contributed by atoms with Gasteiger partial charge in [-0.1, -0.05) is 12.1 Å². The molecule has 0 atom stereocenters. The molecule has 0 saturated carbocycles. The molecular weight excluding hydrogens is 262 g/mol.